The van der Waals surface area contributed by atoms with Gasteiger partial charge in [-0.25, -0.2) is 0 Å². The van der Waals surface area contributed by atoms with Crippen LogP contribution in [-0.4, -0.2) is 35.5 Å². The Kier molecular flexibility index (Phi) is 4.72. The van der Waals surface area contributed by atoms with Gasteiger partial charge in [0.15, 0.2) is 5.11 Å². The highest BCUT2D eigenvalue weighted by molar-refractivity contribution is 7.80. The molecule has 22 heavy (non-hydrogen) atoms. The van der Waals surface area contributed by atoms with Crippen molar-refractivity contribution in [2.75, 3.05) is 13.7 Å². The predicted molar refractivity (Wildman–Crippen MR) is 88.4 cm³/mol. The smallest absolute Gasteiger partial charge is 0.265 e. The van der Waals surface area contributed by atoms with Crippen molar-refractivity contribution in [3.63, 3.8) is 0 Å². The first kappa shape index (κ1) is 15.9. The second-order valence-corrected chi connectivity index (χ2v) is 5.14. The standard InChI is InChI=1S/C16H16N2O3S/c1-4-7-18-15(20)12(14(19)17-16(18)22)9-11-5-6-13(21-3)10(2)8-11/h4-6,8-9H,1,7H2,2-3H3,(H,17,19,22). The zero-order chi connectivity index (χ0) is 16.3. The number of thiocarbonyl (C=S) groups is 1. The minimum atomic E-state index is -0.496. The summed E-state index contributed by atoms with van der Waals surface area (Å²) in [7, 11) is 1.59. The van der Waals surface area contributed by atoms with Gasteiger partial charge in [0.25, 0.3) is 11.8 Å². The van der Waals surface area contributed by atoms with E-state index in [1.54, 1.807) is 31.4 Å². The van der Waals surface area contributed by atoms with Crippen molar-refractivity contribution < 1.29 is 14.3 Å². The van der Waals surface area contributed by atoms with Gasteiger partial charge in [0.2, 0.25) is 0 Å². The van der Waals surface area contributed by atoms with Crippen molar-refractivity contribution in [1.29, 1.82) is 0 Å². The Morgan fingerprint density at radius 3 is 2.73 bits per heavy atom. The van der Waals surface area contributed by atoms with E-state index in [0.29, 0.717) is 0 Å². The van der Waals surface area contributed by atoms with Crippen LogP contribution in [0.3, 0.4) is 0 Å². The maximum absolute atomic E-state index is 12.4. The molecule has 0 saturated carbocycles. The molecule has 1 fully saturated rings. The molecule has 0 spiro atoms. The number of hydrogen-bond acceptors (Lipinski definition) is 4. The van der Waals surface area contributed by atoms with Gasteiger partial charge in [0.05, 0.1) is 7.11 Å². The monoisotopic (exact) mass is 316 g/mol. The molecule has 0 unspecified atom stereocenters. The summed E-state index contributed by atoms with van der Waals surface area (Å²) in [5.41, 5.74) is 1.70. The summed E-state index contributed by atoms with van der Waals surface area (Å²) in [6.07, 6.45) is 3.10. The van der Waals surface area contributed by atoms with Crippen LogP contribution in [-0.2, 0) is 9.59 Å². The normalized spacial score (nSPS) is 16.7. The van der Waals surface area contributed by atoms with Gasteiger partial charge in [-0.1, -0.05) is 12.1 Å². The minimum absolute atomic E-state index is 0.0417. The molecule has 1 N–H and O–H groups in total. The highest BCUT2D eigenvalue weighted by Gasteiger charge is 2.32. The number of aryl methyl sites for hydroxylation is 1. The molecule has 1 heterocycles. The third-order valence-corrected chi connectivity index (χ3v) is 3.55. The molecule has 1 aliphatic rings. The lowest BCUT2D eigenvalue weighted by atomic mass is 10.1. The first-order valence-electron chi connectivity index (χ1n) is 6.62. The van der Waals surface area contributed by atoms with E-state index in [4.69, 9.17) is 17.0 Å². The number of nitrogens with one attached hydrogen (secondary N) is 1. The van der Waals surface area contributed by atoms with Crippen LogP contribution in [0.15, 0.2) is 36.4 Å². The fourth-order valence-electron chi connectivity index (χ4n) is 2.15. The molecule has 1 aromatic carbocycles. The number of nitrogens with zero attached hydrogens (tertiary/aromatic N) is 1. The largest absolute Gasteiger partial charge is 0.496 e. The number of carbonyl (C=O) groups excluding carboxylic acids is 2. The molecule has 0 atom stereocenters. The minimum Gasteiger partial charge on any atom is -0.496 e. The average Bonchev–Trinajstić information content (AvgIpc) is 2.48. The Hall–Kier alpha value is -2.47. The van der Waals surface area contributed by atoms with Crippen LogP contribution in [0.25, 0.3) is 6.08 Å². The summed E-state index contributed by atoms with van der Waals surface area (Å²) in [4.78, 5) is 25.7. The summed E-state index contributed by atoms with van der Waals surface area (Å²) >= 11 is 5.00. The summed E-state index contributed by atoms with van der Waals surface area (Å²) in [5, 5.41) is 2.60. The number of methoxy groups -OCH3 is 1. The molecule has 1 saturated heterocycles. The molecule has 1 aliphatic heterocycles. The molecular weight excluding hydrogens is 300 g/mol. The van der Waals surface area contributed by atoms with E-state index in [9.17, 15) is 9.59 Å². The fourth-order valence-corrected chi connectivity index (χ4v) is 2.40. The SMILES string of the molecule is C=CCN1C(=O)C(=Cc2ccc(OC)c(C)c2)C(=O)NC1=S. The highest BCUT2D eigenvalue weighted by Crippen LogP contribution is 2.21. The fraction of sp³-hybridized carbons (Fsp3) is 0.188. The Bertz CT molecular complexity index is 695. The number of benzene rings is 1. The van der Waals surface area contributed by atoms with Crippen LogP contribution >= 0.6 is 12.2 Å². The van der Waals surface area contributed by atoms with E-state index < -0.39 is 11.8 Å². The Labute approximate surface area is 134 Å². The molecule has 0 aromatic heterocycles. The predicted octanol–water partition coefficient (Wildman–Crippen LogP) is 1.82. The number of rotatable bonds is 4. The quantitative estimate of drug-likeness (QED) is 0.398. The maximum atomic E-state index is 12.4. The van der Waals surface area contributed by atoms with E-state index in [2.05, 4.69) is 11.9 Å². The third kappa shape index (κ3) is 3.07. The van der Waals surface area contributed by atoms with Crippen molar-refractivity contribution in [2.45, 2.75) is 6.92 Å². The van der Waals surface area contributed by atoms with Crippen molar-refractivity contribution >= 4 is 35.2 Å². The van der Waals surface area contributed by atoms with Crippen molar-refractivity contribution in [3.8, 4) is 5.75 Å². The Morgan fingerprint density at radius 1 is 1.41 bits per heavy atom. The zero-order valence-electron chi connectivity index (χ0n) is 12.4. The van der Waals surface area contributed by atoms with Gasteiger partial charge in [-0.3, -0.25) is 19.8 Å². The van der Waals surface area contributed by atoms with Crippen LogP contribution in [0.5, 0.6) is 5.75 Å². The summed E-state index contributed by atoms with van der Waals surface area (Å²) in [6, 6.07) is 5.42. The zero-order valence-corrected chi connectivity index (χ0v) is 13.2. The van der Waals surface area contributed by atoms with Gasteiger partial charge in [-0.2, -0.15) is 0 Å². The summed E-state index contributed by atoms with van der Waals surface area (Å²) < 4.78 is 5.19. The first-order chi connectivity index (χ1) is 10.5. The van der Waals surface area contributed by atoms with Crippen LogP contribution in [0.1, 0.15) is 11.1 Å². The average molecular weight is 316 g/mol. The number of amides is 2. The van der Waals surface area contributed by atoms with Gasteiger partial charge in [0, 0.05) is 6.54 Å². The van der Waals surface area contributed by atoms with E-state index in [1.165, 1.54) is 4.90 Å². The Balaban J connectivity index is 2.38. The molecule has 0 radical (unpaired) electrons. The third-order valence-electron chi connectivity index (χ3n) is 3.23. The summed E-state index contributed by atoms with van der Waals surface area (Å²) in [6.45, 7) is 5.72. The molecule has 0 aliphatic carbocycles. The molecule has 114 valence electrons. The Morgan fingerprint density at radius 2 is 2.14 bits per heavy atom. The van der Waals surface area contributed by atoms with E-state index in [0.717, 1.165) is 16.9 Å². The maximum Gasteiger partial charge on any atom is 0.265 e. The van der Waals surface area contributed by atoms with E-state index in [1.807, 2.05) is 13.0 Å². The van der Waals surface area contributed by atoms with Gasteiger partial charge in [-0.05, 0) is 48.5 Å². The van der Waals surface area contributed by atoms with Gasteiger partial charge >= 0.3 is 0 Å². The molecule has 1 aromatic rings. The number of carbonyl (C=O) groups is 2. The highest BCUT2D eigenvalue weighted by atomic mass is 32.1. The first-order valence-corrected chi connectivity index (χ1v) is 7.03. The van der Waals surface area contributed by atoms with Crippen LogP contribution in [0, 0.1) is 6.92 Å². The number of ether oxygens (including phenoxy) is 1. The van der Waals surface area contributed by atoms with Crippen molar-refractivity contribution in [1.82, 2.24) is 10.2 Å². The lowest BCUT2D eigenvalue weighted by Gasteiger charge is -2.27. The molecule has 5 nitrogen and oxygen atoms in total. The van der Waals surface area contributed by atoms with Crippen LogP contribution < -0.4 is 10.1 Å². The molecule has 6 heteroatoms. The van der Waals surface area contributed by atoms with Gasteiger partial charge in [-0.15, -0.1) is 6.58 Å². The van der Waals surface area contributed by atoms with Gasteiger partial charge < -0.3 is 4.74 Å². The molecule has 0 bridgehead atoms. The lowest BCUT2D eigenvalue weighted by Crippen LogP contribution is -2.53. The molecular formula is C16H16N2O3S. The second-order valence-electron chi connectivity index (χ2n) is 4.75. The van der Waals surface area contributed by atoms with Crippen LogP contribution in [0.4, 0.5) is 0 Å². The topological polar surface area (TPSA) is 58.6 Å². The molecule has 2 rings (SSSR count). The van der Waals surface area contributed by atoms with E-state index >= 15 is 0 Å². The second kappa shape index (κ2) is 6.53. The van der Waals surface area contributed by atoms with Crippen molar-refractivity contribution in [2.24, 2.45) is 0 Å². The van der Waals surface area contributed by atoms with Gasteiger partial charge in [0.1, 0.15) is 11.3 Å². The van der Waals surface area contributed by atoms with E-state index in [-0.39, 0.29) is 17.2 Å². The van der Waals surface area contributed by atoms with Crippen molar-refractivity contribution in [3.05, 3.63) is 47.6 Å². The number of hydrogen-bond donors (Lipinski definition) is 1. The van der Waals surface area contributed by atoms with Crippen LogP contribution in [0.2, 0.25) is 0 Å². The summed E-state index contributed by atoms with van der Waals surface area (Å²) in [5.74, 6) is -0.179. The lowest BCUT2D eigenvalue weighted by molar-refractivity contribution is -0.128. The molecule has 2 amide bonds.